The van der Waals surface area contributed by atoms with Gasteiger partial charge in [-0.15, -0.1) is 11.3 Å². The van der Waals surface area contributed by atoms with Crippen LogP contribution < -0.4 is 5.73 Å². The van der Waals surface area contributed by atoms with Gasteiger partial charge in [-0.3, -0.25) is 9.88 Å². The molecule has 0 spiro atoms. The van der Waals surface area contributed by atoms with E-state index in [2.05, 4.69) is 60.9 Å². The van der Waals surface area contributed by atoms with Crippen LogP contribution in [-0.4, -0.2) is 23.5 Å². The summed E-state index contributed by atoms with van der Waals surface area (Å²) in [6.45, 7) is 3.38. The van der Waals surface area contributed by atoms with Crippen molar-refractivity contribution >= 4 is 43.2 Å². The predicted octanol–water partition coefficient (Wildman–Crippen LogP) is 4.11. The average Bonchev–Trinajstić information content (AvgIpc) is 2.70. The maximum Gasteiger partial charge on any atom is 0.0843 e. The molecule has 1 atom stereocenters. The van der Waals surface area contributed by atoms with Crippen molar-refractivity contribution in [3.63, 3.8) is 0 Å². The van der Waals surface area contributed by atoms with Crippen LogP contribution in [0.4, 0.5) is 0 Å². The number of likely N-dealkylation sites (N-methyl/N-ethyl adjacent to an activating group) is 1. The molecular weight excluding hydrogens is 402 g/mol. The third kappa shape index (κ3) is 3.89. The third-order valence-electron chi connectivity index (χ3n) is 3.11. The SMILES string of the molecule is Cc1cccc(CN(C)C(CN)c2cc(Br)c(Br)s2)n1. The Balaban J connectivity index is 2.15. The van der Waals surface area contributed by atoms with Gasteiger partial charge >= 0.3 is 0 Å². The Kier molecular flexibility index (Phi) is 5.74. The smallest absolute Gasteiger partial charge is 0.0843 e. The van der Waals surface area contributed by atoms with Crippen molar-refractivity contribution in [2.24, 2.45) is 5.73 Å². The van der Waals surface area contributed by atoms with Crippen molar-refractivity contribution in [1.82, 2.24) is 9.88 Å². The number of pyridine rings is 1. The molecule has 108 valence electrons. The summed E-state index contributed by atoms with van der Waals surface area (Å²) in [4.78, 5) is 8.04. The van der Waals surface area contributed by atoms with Crippen LogP contribution in [0.3, 0.4) is 0 Å². The lowest BCUT2D eigenvalue weighted by atomic mass is 10.2. The fraction of sp³-hybridized carbons (Fsp3) is 0.357. The Labute approximate surface area is 140 Å². The number of nitrogens with zero attached hydrogens (tertiary/aromatic N) is 2. The van der Waals surface area contributed by atoms with Gasteiger partial charge in [-0.05, 0) is 64.0 Å². The number of hydrogen-bond acceptors (Lipinski definition) is 4. The Hall–Kier alpha value is -0.270. The first-order valence-electron chi connectivity index (χ1n) is 6.29. The lowest BCUT2D eigenvalue weighted by Gasteiger charge is -2.25. The van der Waals surface area contributed by atoms with Gasteiger partial charge in [-0.2, -0.15) is 0 Å². The van der Waals surface area contributed by atoms with Gasteiger partial charge in [0.25, 0.3) is 0 Å². The van der Waals surface area contributed by atoms with Crippen LogP contribution in [0.5, 0.6) is 0 Å². The van der Waals surface area contributed by atoms with E-state index >= 15 is 0 Å². The molecule has 0 bridgehead atoms. The van der Waals surface area contributed by atoms with Crippen LogP contribution >= 0.6 is 43.2 Å². The number of halogens is 2. The van der Waals surface area contributed by atoms with Crippen LogP contribution in [0, 0.1) is 6.92 Å². The summed E-state index contributed by atoms with van der Waals surface area (Å²) in [5.74, 6) is 0. The lowest BCUT2D eigenvalue weighted by molar-refractivity contribution is 0.242. The van der Waals surface area contributed by atoms with Gasteiger partial charge in [0.2, 0.25) is 0 Å². The summed E-state index contributed by atoms with van der Waals surface area (Å²) in [6, 6.07) is 8.44. The molecule has 6 heteroatoms. The van der Waals surface area contributed by atoms with E-state index in [-0.39, 0.29) is 6.04 Å². The zero-order valence-corrected chi connectivity index (χ0v) is 15.4. The summed E-state index contributed by atoms with van der Waals surface area (Å²) >= 11 is 8.79. The number of hydrogen-bond donors (Lipinski definition) is 1. The molecule has 2 aromatic heterocycles. The van der Waals surface area contributed by atoms with E-state index in [1.807, 2.05) is 19.1 Å². The summed E-state index contributed by atoms with van der Waals surface area (Å²) in [5, 5.41) is 0. The minimum Gasteiger partial charge on any atom is -0.329 e. The Morgan fingerprint density at radius 3 is 2.70 bits per heavy atom. The maximum atomic E-state index is 5.96. The average molecular weight is 419 g/mol. The Morgan fingerprint density at radius 2 is 2.15 bits per heavy atom. The van der Waals surface area contributed by atoms with Gasteiger partial charge in [0.15, 0.2) is 0 Å². The fourth-order valence-corrected chi connectivity index (χ4v) is 4.36. The van der Waals surface area contributed by atoms with Crippen molar-refractivity contribution in [3.05, 3.63) is 48.8 Å². The highest BCUT2D eigenvalue weighted by molar-refractivity contribution is 9.13. The van der Waals surface area contributed by atoms with Crippen LogP contribution in [0.15, 0.2) is 32.5 Å². The molecule has 0 aliphatic rings. The number of rotatable bonds is 5. The summed E-state index contributed by atoms with van der Waals surface area (Å²) < 4.78 is 2.19. The second kappa shape index (κ2) is 7.13. The highest BCUT2D eigenvalue weighted by Gasteiger charge is 2.19. The van der Waals surface area contributed by atoms with E-state index in [0.717, 1.165) is 26.2 Å². The van der Waals surface area contributed by atoms with Crippen LogP contribution in [0.25, 0.3) is 0 Å². The largest absolute Gasteiger partial charge is 0.329 e. The van der Waals surface area contributed by atoms with Crippen LogP contribution in [0.2, 0.25) is 0 Å². The summed E-state index contributed by atoms with van der Waals surface area (Å²) in [7, 11) is 2.09. The van der Waals surface area contributed by atoms with Crippen molar-refractivity contribution < 1.29 is 0 Å². The molecule has 20 heavy (non-hydrogen) atoms. The number of aryl methyl sites for hydroxylation is 1. The van der Waals surface area contributed by atoms with E-state index in [4.69, 9.17) is 5.73 Å². The highest BCUT2D eigenvalue weighted by atomic mass is 79.9. The predicted molar refractivity (Wildman–Crippen MR) is 92.0 cm³/mol. The van der Waals surface area contributed by atoms with Gasteiger partial charge in [0, 0.05) is 28.1 Å². The summed E-state index contributed by atoms with van der Waals surface area (Å²) in [5.41, 5.74) is 8.08. The highest BCUT2D eigenvalue weighted by Crippen LogP contribution is 2.37. The van der Waals surface area contributed by atoms with Gasteiger partial charge in [-0.1, -0.05) is 6.07 Å². The van der Waals surface area contributed by atoms with E-state index in [9.17, 15) is 0 Å². The van der Waals surface area contributed by atoms with Gasteiger partial charge < -0.3 is 5.73 Å². The quantitative estimate of drug-likeness (QED) is 0.794. The van der Waals surface area contributed by atoms with E-state index in [1.54, 1.807) is 11.3 Å². The molecule has 2 rings (SSSR count). The number of thiophene rings is 1. The van der Waals surface area contributed by atoms with Gasteiger partial charge in [0.1, 0.15) is 0 Å². The van der Waals surface area contributed by atoms with Crippen molar-refractivity contribution in [2.75, 3.05) is 13.6 Å². The Morgan fingerprint density at radius 1 is 1.40 bits per heavy atom. The normalized spacial score (nSPS) is 12.9. The van der Waals surface area contributed by atoms with Crippen LogP contribution in [0.1, 0.15) is 22.3 Å². The van der Waals surface area contributed by atoms with Crippen molar-refractivity contribution in [1.29, 1.82) is 0 Å². The Bertz CT molecular complexity index is 566. The molecule has 2 N–H and O–H groups in total. The number of aromatic nitrogens is 1. The van der Waals surface area contributed by atoms with Crippen LogP contribution in [-0.2, 0) is 6.54 Å². The third-order valence-corrected chi connectivity index (χ3v) is 6.46. The summed E-state index contributed by atoms with van der Waals surface area (Å²) in [6.07, 6.45) is 0. The molecule has 0 aliphatic heterocycles. The lowest BCUT2D eigenvalue weighted by Crippen LogP contribution is -2.29. The molecule has 0 saturated carbocycles. The maximum absolute atomic E-state index is 5.96. The zero-order chi connectivity index (χ0) is 14.7. The first kappa shape index (κ1) is 16.1. The minimum atomic E-state index is 0.199. The van der Waals surface area contributed by atoms with Crippen molar-refractivity contribution in [2.45, 2.75) is 19.5 Å². The second-order valence-electron chi connectivity index (χ2n) is 4.71. The molecule has 0 aromatic carbocycles. The van der Waals surface area contributed by atoms with Gasteiger partial charge in [0.05, 0.1) is 15.5 Å². The minimum absolute atomic E-state index is 0.199. The molecular formula is C14H17Br2N3S. The first-order chi connectivity index (χ1) is 9.51. The molecule has 3 nitrogen and oxygen atoms in total. The first-order valence-corrected chi connectivity index (χ1v) is 8.69. The van der Waals surface area contributed by atoms with E-state index < -0.39 is 0 Å². The van der Waals surface area contributed by atoms with Gasteiger partial charge in [-0.25, -0.2) is 0 Å². The molecule has 1 unspecified atom stereocenters. The molecule has 2 heterocycles. The standard InChI is InChI=1S/C14H17Br2N3S/c1-9-4-3-5-10(18-9)8-19(2)12(7-17)13-6-11(15)14(16)20-13/h3-6,12H,7-8,17H2,1-2H3. The van der Waals surface area contributed by atoms with Crippen molar-refractivity contribution in [3.8, 4) is 0 Å². The second-order valence-corrected chi connectivity index (χ2v) is 7.96. The molecule has 0 fully saturated rings. The molecule has 0 saturated heterocycles. The fourth-order valence-electron chi connectivity index (χ4n) is 2.09. The number of nitrogens with two attached hydrogens (primary N) is 1. The van der Waals surface area contributed by atoms with E-state index in [1.165, 1.54) is 4.88 Å². The topological polar surface area (TPSA) is 42.1 Å². The van der Waals surface area contributed by atoms with E-state index in [0.29, 0.717) is 6.54 Å². The molecule has 0 amide bonds. The monoisotopic (exact) mass is 417 g/mol. The molecule has 0 radical (unpaired) electrons. The zero-order valence-electron chi connectivity index (χ0n) is 11.4. The molecule has 0 aliphatic carbocycles. The molecule has 2 aromatic rings.